The molecule has 0 saturated heterocycles. The molecule has 2 aliphatic rings. The third-order valence-corrected chi connectivity index (χ3v) is 5.20. The first-order chi connectivity index (χ1) is 14.3. The van der Waals surface area contributed by atoms with Crippen molar-refractivity contribution < 1.29 is 27.2 Å². The van der Waals surface area contributed by atoms with E-state index in [1.807, 2.05) is 0 Å². The predicted molar refractivity (Wildman–Crippen MR) is 102 cm³/mol. The molecule has 2 aromatic carbocycles. The molecule has 1 heterocycles. The predicted octanol–water partition coefficient (Wildman–Crippen LogP) is 4.78. The van der Waals surface area contributed by atoms with Gasteiger partial charge in [-0.25, -0.2) is 4.39 Å². The fourth-order valence-corrected chi connectivity index (χ4v) is 3.47. The Morgan fingerprint density at radius 2 is 1.87 bits per heavy atom. The first-order valence-electron chi connectivity index (χ1n) is 9.73. The molecule has 1 aliphatic carbocycles. The zero-order valence-corrected chi connectivity index (χ0v) is 16.0. The Morgan fingerprint density at radius 3 is 2.53 bits per heavy atom. The summed E-state index contributed by atoms with van der Waals surface area (Å²) in [5, 5.41) is 4.05. The van der Waals surface area contributed by atoms with Gasteiger partial charge in [0, 0.05) is 18.9 Å². The molecule has 0 N–H and O–H groups in total. The number of alkyl halides is 3. The van der Waals surface area contributed by atoms with Crippen LogP contribution in [0.25, 0.3) is 0 Å². The highest BCUT2D eigenvalue weighted by Gasteiger charge is 2.36. The standard InChI is InChI=1S/C22H20F4N2O2/c23-18-8-6-15(7-9-18)20-11-19(30-27-20)13-28(21(29)16-4-5-16)12-14-2-1-3-17(10-14)22(24,25)26/h1-3,6-10,16,19H,4-5,11-13H2/t19-/m0/s1. The van der Waals surface area contributed by atoms with Gasteiger partial charge in [0.25, 0.3) is 0 Å². The minimum Gasteiger partial charge on any atom is -0.390 e. The number of hydrogen-bond acceptors (Lipinski definition) is 3. The average molecular weight is 420 g/mol. The van der Waals surface area contributed by atoms with Crippen molar-refractivity contribution in [3.63, 3.8) is 0 Å². The molecule has 0 radical (unpaired) electrons. The van der Waals surface area contributed by atoms with Crippen molar-refractivity contribution in [1.29, 1.82) is 0 Å². The van der Waals surface area contributed by atoms with Crippen LogP contribution in [0.1, 0.15) is 36.0 Å². The largest absolute Gasteiger partial charge is 0.416 e. The first-order valence-corrected chi connectivity index (χ1v) is 9.73. The molecule has 4 nitrogen and oxygen atoms in total. The lowest BCUT2D eigenvalue weighted by atomic mass is 10.0. The minimum absolute atomic E-state index is 0.0744. The van der Waals surface area contributed by atoms with Crippen molar-refractivity contribution in [3.05, 3.63) is 71.0 Å². The van der Waals surface area contributed by atoms with Crippen molar-refractivity contribution in [2.24, 2.45) is 11.1 Å². The zero-order valence-electron chi connectivity index (χ0n) is 16.0. The number of hydrogen-bond donors (Lipinski definition) is 0. The molecule has 1 aliphatic heterocycles. The summed E-state index contributed by atoms with van der Waals surface area (Å²) in [5.41, 5.74) is 1.06. The van der Waals surface area contributed by atoms with E-state index in [1.54, 1.807) is 23.1 Å². The van der Waals surface area contributed by atoms with E-state index >= 15 is 0 Å². The van der Waals surface area contributed by atoms with Crippen LogP contribution in [0.15, 0.2) is 53.7 Å². The van der Waals surface area contributed by atoms with Gasteiger partial charge in [-0.2, -0.15) is 13.2 Å². The highest BCUT2D eigenvalue weighted by molar-refractivity contribution is 6.01. The van der Waals surface area contributed by atoms with Crippen LogP contribution in [0, 0.1) is 11.7 Å². The maximum atomic E-state index is 13.1. The Labute approximate surface area is 171 Å². The van der Waals surface area contributed by atoms with E-state index in [0.717, 1.165) is 30.5 Å². The molecule has 2 aromatic rings. The minimum atomic E-state index is -4.44. The summed E-state index contributed by atoms with van der Waals surface area (Å²) in [5.74, 6) is -0.502. The van der Waals surface area contributed by atoms with Gasteiger partial charge in [-0.15, -0.1) is 0 Å². The molecule has 1 amide bonds. The number of oxime groups is 1. The van der Waals surface area contributed by atoms with Gasteiger partial charge in [-0.3, -0.25) is 4.79 Å². The quantitative estimate of drug-likeness (QED) is 0.632. The Kier molecular flexibility index (Phi) is 5.49. The number of rotatable bonds is 6. The van der Waals surface area contributed by atoms with Crippen LogP contribution in [0.2, 0.25) is 0 Å². The number of carbonyl (C=O) groups is 1. The fraction of sp³-hybridized carbons (Fsp3) is 0.364. The van der Waals surface area contributed by atoms with Crippen molar-refractivity contribution in [2.75, 3.05) is 6.54 Å². The third-order valence-electron chi connectivity index (χ3n) is 5.20. The number of nitrogens with zero attached hydrogens (tertiary/aromatic N) is 2. The van der Waals surface area contributed by atoms with Gasteiger partial charge < -0.3 is 9.74 Å². The van der Waals surface area contributed by atoms with E-state index < -0.39 is 17.8 Å². The molecule has 158 valence electrons. The van der Waals surface area contributed by atoms with Gasteiger partial charge in [0.2, 0.25) is 5.91 Å². The van der Waals surface area contributed by atoms with Gasteiger partial charge in [-0.05, 0) is 48.2 Å². The highest BCUT2D eigenvalue weighted by atomic mass is 19.4. The maximum absolute atomic E-state index is 13.1. The normalized spacial score (nSPS) is 18.7. The second-order valence-corrected chi connectivity index (χ2v) is 7.67. The van der Waals surface area contributed by atoms with Crippen LogP contribution in [-0.4, -0.2) is 29.2 Å². The molecule has 0 bridgehead atoms. The van der Waals surface area contributed by atoms with Gasteiger partial charge in [0.1, 0.15) is 5.82 Å². The summed E-state index contributed by atoms with van der Waals surface area (Å²) >= 11 is 0. The summed E-state index contributed by atoms with van der Waals surface area (Å²) in [7, 11) is 0. The summed E-state index contributed by atoms with van der Waals surface area (Å²) in [6, 6.07) is 10.9. The van der Waals surface area contributed by atoms with Crippen LogP contribution < -0.4 is 0 Å². The molecule has 1 atom stereocenters. The molecule has 0 spiro atoms. The van der Waals surface area contributed by atoms with Crippen LogP contribution in [-0.2, 0) is 22.4 Å². The average Bonchev–Trinajstić information content (AvgIpc) is 3.46. The van der Waals surface area contributed by atoms with Crippen molar-refractivity contribution >= 4 is 11.6 Å². The lowest BCUT2D eigenvalue weighted by Gasteiger charge is -2.25. The molecule has 4 rings (SSSR count). The Balaban J connectivity index is 1.45. The molecule has 0 unspecified atom stereocenters. The van der Waals surface area contributed by atoms with Crippen LogP contribution in [0.4, 0.5) is 17.6 Å². The topological polar surface area (TPSA) is 41.9 Å². The van der Waals surface area contributed by atoms with E-state index in [1.165, 1.54) is 18.2 Å². The van der Waals surface area contributed by atoms with Crippen molar-refractivity contribution in [2.45, 2.75) is 38.1 Å². The fourth-order valence-electron chi connectivity index (χ4n) is 3.47. The summed E-state index contributed by atoms with van der Waals surface area (Å²) in [4.78, 5) is 19.8. The Hall–Kier alpha value is -2.90. The molecule has 30 heavy (non-hydrogen) atoms. The van der Waals surface area contributed by atoms with Crippen LogP contribution in [0.5, 0.6) is 0 Å². The molecule has 1 fully saturated rings. The van der Waals surface area contributed by atoms with E-state index in [4.69, 9.17) is 4.84 Å². The molecule has 0 aromatic heterocycles. The second kappa shape index (κ2) is 8.08. The Bertz CT molecular complexity index is 952. The lowest BCUT2D eigenvalue weighted by molar-refractivity contribution is -0.137. The van der Waals surface area contributed by atoms with E-state index in [-0.39, 0.29) is 30.7 Å². The Morgan fingerprint density at radius 1 is 1.13 bits per heavy atom. The van der Waals surface area contributed by atoms with Gasteiger partial charge in [0.15, 0.2) is 6.10 Å². The van der Waals surface area contributed by atoms with Crippen molar-refractivity contribution in [3.8, 4) is 0 Å². The van der Waals surface area contributed by atoms with E-state index in [9.17, 15) is 22.4 Å². The summed E-state index contributed by atoms with van der Waals surface area (Å²) in [6.45, 7) is 0.296. The number of carbonyl (C=O) groups excluding carboxylic acids is 1. The van der Waals surface area contributed by atoms with Crippen LogP contribution in [0.3, 0.4) is 0 Å². The lowest BCUT2D eigenvalue weighted by Crippen LogP contribution is -2.38. The van der Waals surface area contributed by atoms with E-state index in [2.05, 4.69) is 5.16 Å². The molecule has 1 saturated carbocycles. The number of amides is 1. The molecular formula is C22H20F4N2O2. The summed E-state index contributed by atoms with van der Waals surface area (Å²) < 4.78 is 52.2. The smallest absolute Gasteiger partial charge is 0.390 e. The number of benzene rings is 2. The van der Waals surface area contributed by atoms with Gasteiger partial charge in [0.05, 0.1) is 17.8 Å². The number of halogens is 4. The first kappa shape index (κ1) is 20.4. The third kappa shape index (κ3) is 4.80. The maximum Gasteiger partial charge on any atom is 0.416 e. The second-order valence-electron chi connectivity index (χ2n) is 7.67. The van der Waals surface area contributed by atoms with Crippen molar-refractivity contribution in [1.82, 2.24) is 4.90 Å². The van der Waals surface area contributed by atoms with Crippen LogP contribution >= 0.6 is 0 Å². The summed E-state index contributed by atoms with van der Waals surface area (Å²) in [6.07, 6.45) is -2.82. The highest BCUT2D eigenvalue weighted by Crippen LogP contribution is 2.33. The monoisotopic (exact) mass is 420 g/mol. The SMILES string of the molecule is O=C(C1CC1)N(Cc1cccc(C(F)(F)F)c1)C[C@@H]1CC(c2ccc(F)cc2)=NO1. The van der Waals surface area contributed by atoms with Gasteiger partial charge >= 0.3 is 6.18 Å². The molecular weight excluding hydrogens is 400 g/mol. The van der Waals surface area contributed by atoms with Gasteiger partial charge in [-0.1, -0.05) is 29.4 Å². The van der Waals surface area contributed by atoms with E-state index in [0.29, 0.717) is 17.7 Å². The molecule has 8 heteroatoms. The zero-order chi connectivity index (χ0) is 21.3.